The summed E-state index contributed by atoms with van der Waals surface area (Å²) in [5, 5.41) is 0. The van der Waals surface area contributed by atoms with E-state index in [2.05, 4.69) is 0 Å². The first-order chi connectivity index (χ1) is 4.09. The maximum atomic E-state index is 10.6. The van der Waals surface area contributed by atoms with Crippen LogP contribution in [-0.2, 0) is 4.79 Å². The summed E-state index contributed by atoms with van der Waals surface area (Å²) < 4.78 is 0. The first-order valence-electron chi connectivity index (χ1n) is 3.35. The van der Waals surface area contributed by atoms with Gasteiger partial charge in [-0.1, -0.05) is 20.3 Å². The van der Waals surface area contributed by atoms with Crippen LogP contribution >= 0.6 is 0 Å². The standard InChI is InChI=1S/C7H15NO/c1-4-5(2)7(8)6(3)9/h5,7H,4,8H2,1-3H3/t5-,7+/m1/s1. The van der Waals surface area contributed by atoms with Crippen molar-refractivity contribution in [2.75, 3.05) is 0 Å². The Labute approximate surface area is 56.4 Å². The van der Waals surface area contributed by atoms with Gasteiger partial charge in [0.2, 0.25) is 0 Å². The SMILES string of the molecule is CC[C@@H](C)[C@H](N)C(C)=O. The molecule has 0 saturated heterocycles. The number of nitrogens with two attached hydrogens (primary N) is 1. The molecular weight excluding hydrogens is 114 g/mol. The minimum Gasteiger partial charge on any atom is -0.321 e. The summed E-state index contributed by atoms with van der Waals surface area (Å²) in [5.74, 6) is 0.409. The van der Waals surface area contributed by atoms with Crippen molar-refractivity contribution in [3.63, 3.8) is 0 Å². The molecule has 2 heteroatoms. The quantitative estimate of drug-likeness (QED) is 0.616. The zero-order chi connectivity index (χ0) is 7.44. The summed E-state index contributed by atoms with van der Waals surface area (Å²) in [6.45, 7) is 5.57. The molecule has 0 aliphatic carbocycles. The molecule has 0 aliphatic rings. The Bertz CT molecular complexity index is 101. The number of rotatable bonds is 3. The Morgan fingerprint density at radius 1 is 1.67 bits per heavy atom. The largest absolute Gasteiger partial charge is 0.321 e. The Hall–Kier alpha value is -0.370. The molecule has 2 atom stereocenters. The van der Waals surface area contributed by atoms with Gasteiger partial charge in [0.15, 0.2) is 0 Å². The van der Waals surface area contributed by atoms with Crippen LogP contribution in [0.5, 0.6) is 0 Å². The number of Topliss-reactive ketones (excluding diaryl/α,β-unsaturated/α-hetero) is 1. The first-order valence-corrected chi connectivity index (χ1v) is 3.35. The Morgan fingerprint density at radius 3 is 2.22 bits per heavy atom. The molecule has 0 fully saturated rings. The highest BCUT2D eigenvalue weighted by Gasteiger charge is 2.14. The van der Waals surface area contributed by atoms with E-state index in [9.17, 15) is 4.79 Å². The summed E-state index contributed by atoms with van der Waals surface area (Å²) >= 11 is 0. The van der Waals surface area contributed by atoms with E-state index in [1.54, 1.807) is 0 Å². The lowest BCUT2D eigenvalue weighted by atomic mass is 9.97. The van der Waals surface area contributed by atoms with Crippen molar-refractivity contribution in [1.82, 2.24) is 0 Å². The van der Waals surface area contributed by atoms with Gasteiger partial charge in [-0.3, -0.25) is 4.79 Å². The highest BCUT2D eigenvalue weighted by Crippen LogP contribution is 2.04. The predicted octanol–water partition coefficient (Wildman–Crippen LogP) is 0.949. The number of carbonyl (C=O) groups excluding carboxylic acids is 1. The van der Waals surface area contributed by atoms with E-state index in [1.807, 2.05) is 13.8 Å². The van der Waals surface area contributed by atoms with Crippen LogP contribution in [0.25, 0.3) is 0 Å². The molecule has 0 unspecified atom stereocenters. The van der Waals surface area contributed by atoms with Crippen LogP contribution in [0.15, 0.2) is 0 Å². The second kappa shape index (κ2) is 3.62. The molecule has 54 valence electrons. The molecule has 0 radical (unpaired) electrons. The normalized spacial score (nSPS) is 16.9. The molecule has 0 aromatic carbocycles. The fourth-order valence-electron chi connectivity index (χ4n) is 0.655. The van der Waals surface area contributed by atoms with Crippen molar-refractivity contribution in [3.05, 3.63) is 0 Å². The maximum Gasteiger partial charge on any atom is 0.146 e. The van der Waals surface area contributed by atoms with Crippen molar-refractivity contribution in [1.29, 1.82) is 0 Å². The smallest absolute Gasteiger partial charge is 0.146 e. The fraction of sp³-hybridized carbons (Fsp3) is 0.857. The third kappa shape index (κ3) is 2.61. The Morgan fingerprint density at radius 2 is 2.11 bits per heavy atom. The van der Waals surface area contributed by atoms with Crippen LogP contribution in [0.3, 0.4) is 0 Å². The van der Waals surface area contributed by atoms with Crippen LogP contribution in [0.1, 0.15) is 27.2 Å². The molecule has 9 heavy (non-hydrogen) atoms. The lowest BCUT2D eigenvalue weighted by Gasteiger charge is -2.13. The average Bonchev–Trinajstić information content (AvgIpc) is 1.84. The van der Waals surface area contributed by atoms with E-state index in [0.717, 1.165) is 6.42 Å². The minimum absolute atomic E-state index is 0.0874. The monoisotopic (exact) mass is 129 g/mol. The lowest BCUT2D eigenvalue weighted by Crippen LogP contribution is -2.34. The number of hydrogen-bond donors (Lipinski definition) is 1. The summed E-state index contributed by atoms with van der Waals surface area (Å²) in [6.07, 6.45) is 0.973. The predicted molar refractivity (Wildman–Crippen MR) is 38.1 cm³/mol. The van der Waals surface area contributed by atoms with Crippen LogP contribution < -0.4 is 5.73 Å². The van der Waals surface area contributed by atoms with Crippen molar-refractivity contribution in [2.24, 2.45) is 11.7 Å². The van der Waals surface area contributed by atoms with Gasteiger partial charge in [0.1, 0.15) is 5.78 Å². The van der Waals surface area contributed by atoms with Gasteiger partial charge in [0, 0.05) is 0 Å². The number of hydrogen-bond acceptors (Lipinski definition) is 2. The third-order valence-corrected chi connectivity index (χ3v) is 1.73. The van der Waals surface area contributed by atoms with Gasteiger partial charge in [0.05, 0.1) is 6.04 Å². The van der Waals surface area contributed by atoms with Crippen molar-refractivity contribution >= 4 is 5.78 Å². The molecule has 0 spiro atoms. The maximum absolute atomic E-state index is 10.6. The van der Waals surface area contributed by atoms with Crippen LogP contribution in [0.2, 0.25) is 0 Å². The summed E-state index contributed by atoms with van der Waals surface area (Å²) in [5.41, 5.74) is 5.52. The minimum atomic E-state index is -0.255. The first kappa shape index (κ1) is 8.63. The Balaban J connectivity index is 3.72. The topological polar surface area (TPSA) is 43.1 Å². The summed E-state index contributed by atoms with van der Waals surface area (Å²) in [4.78, 5) is 10.6. The van der Waals surface area contributed by atoms with E-state index in [1.165, 1.54) is 6.92 Å². The molecule has 0 amide bonds. The molecular formula is C7H15NO. The summed E-state index contributed by atoms with van der Waals surface area (Å²) in [6, 6.07) is -0.255. The van der Waals surface area contributed by atoms with Crippen LogP contribution in [0, 0.1) is 5.92 Å². The second-order valence-corrected chi connectivity index (χ2v) is 2.52. The van der Waals surface area contributed by atoms with Gasteiger partial charge in [0.25, 0.3) is 0 Å². The molecule has 0 aliphatic heterocycles. The van der Waals surface area contributed by atoms with Crippen molar-refractivity contribution < 1.29 is 4.79 Å². The van der Waals surface area contributed by atoms with Gasteiger partial charge in [-0.2, -0.15) is 0 Å². The molecule has 2 N–H and O–H groups in total. The molecule has 2 nitrogen and oxygen atoms in total. The van der Waals surface area contributed by atoms with Crippen molar-refractivity contribution in [3.8, 4) is 0 Å². The number of ketones is 1. The molecule has 0 saturated carbocycles. The zero-order valence-corrected chi connectivity index (χ0v) is 6.35. The van der Waals surface area contributed by atoms with E-state index in [0.29, 0.717) is 5.92 Å². The van der Waals surface area contributed by atoms with Gasteiger partial charge < -0.3 is 5.73 Å². The molecule has 0 rings (SSSR count). The average molecular weight is 129 g/mol. The second-order valence-electron chi connectivity index (χ2n) is 2.52. The van der Waals surface area contributed by atoms with Crippen LogP contribution in [0.4, 0.5) is 0 Å². The van der Waals surface area contributed by atoms with Gasteiger partial charge >= 0.3 is 0 Å². The third-order valence-electron chi connectivity index (χ3n) is 1.73. The highest BCUT2D eigenvalue weighted by molar-refractivity contribution is 5.81. The van der Waals surface area contributed by atoms with Gasteiger partial charge in [-0.25, -0.2) is 0 Å². The Kier molecular flexibility index (Phi) is 3.47. The summed E-state index contributed by atoms with van der Waals surface area (Å²) in [7, 11) is 0. The zero-order valence-electron chi connectivity index (χ0n) is 6.35. The van der Waals surface area contributed by atoms with Crippen LogP contribution in [-0.4, -0.2) is 11.8 Å². The van der Waals surface area contributed by atoms with Crippen molar-refractivity contribution in [2.45, 2.75) is 33.2 Å². The van der Waals surface area contributed by atoms with E-state index >= 15 is 0 Å². The molecule has 0 bridgehead atoms. The van der Waals surface area contributed by atoms with Gasteiger partial charge in [-0.05, 0) is 12.8 Å². The van der Waals surface area contributed by atoms with E-state index in [4.69, 9.17) is 5.73 Å². The molecule has 0 aromatic heterocycles. The highest BCUT2D eigenvalue weighted by atomic mass is 16.1. The van der Waals surface area contributed by atoms with Gasteiger partial charge in [-0.15, -0.1) is 0 Å². The fourth-order valence-corrected chi connectivity index (χ4v) is 0.655. The molecule has 0 heterocycles. The lowest BCUT2D eigenvalue weighted by molar-refractivity contribution is -0.119. The van der Waals surface area contributed by atoms with E-state index in [-0.39, 0.29) is 11.8 Å². The number of carbonyl (C=O) groups is 1. The molecule has 0 aromatic rings. The van der Waals surface area contributed by atoms with E-state index < -0.39 is 0 Å².